The zero-order chi connectivity index (χ0) is 35.7. The maximum Gasteiger partial charge on any atom is 0.0685 e. The highest BCUT2D eigenvalue weighted by atomic mass is 16.7. The third-order valence-electron chi connectivity index (χ3n) is 10.9. The van der Waals surface area contributed by atoms with Gasteiger partial charge >= 0.3 is 0 Å². The average molecular weight is 679 g/mol. The van der Waals surface area contributed by atoms with Gasteiger partial charge in [-0.1, -0.05) is 130 Å². The van der Waals surface area contributed by atoms with Gasteiger partial charge in [0.05, 0.1) is 41.5 Å². The predicted octanol–water partition coefficient (Wildman–Crippen LogP) is 11.4. The monoisotopic (exact) mass is 679 g/mol. The molecule has 0 aromatic carbocycles. The van der Waals surface area contributed by atoms with Crippen molar-refractivity contribution in [1.82, 2.24) is 19.9 Å². The molecule has 0 saturated carbocycles. The van der Waals surface area contributed by atoms with Crippen molar-refractivity contribution in [3.05, 3.63) is 0 Å². The van der Waals surface area contributed by atoms with Crippen LogP contribution >= 0.6 is 0 Å². The van der Waals surface area contributed by atoms with E-state index in [4.69, 9.17) is 9.68 Å². The fourth-order valence-corrected chi connectivity index (χ4v) is 9.07. The Hall–Kier alpha value is -0.240. The Bertz CT molecular complexity index is 734. The van der Waals surface area contributed by atoms with Crippen LogP contribution < -0.4 is 0 Å². The number of unbranched alkanes of at least 4 members (excludes halogenated alkanes) is 16. The lowest BCUT2D eigenvalue weighted by Gasteiger charge is -2.61. The van der Waals surface area contributed by atoms with Gasteiger partial charge in [-0.15, -0.1) is 0 Å². The average Bonchev–Trinajstić information content (AvgIpc) is 2.98. The van der Waals surface area contributed by atoms with Gasteiger partial charge < -0.3 is 0 Å². The summed E-state index contributed by atoms with van der Waals surface area (Å²) in [5.41, 5.74) is -0.240. The van der Waals surface area contributed by atoms with Crippen LogP contribution in [0.15, 0.2) is 0 Å². The van der Waals surface area contributed by atoms with Crippen molar-refractivity contribution < 1.29 is 9.68 Å². The van der Waals surface area contributed by atoms with Crippen LogP contribution in [0.1, 0.15) is 205 Å². The highest BCUT2D eigenvalue weighted by Crippen LogP contribution is 2.39. The van der Waals surface area contributed by atoms with Crippen molar-refractivity contribution in [2.75, 3.05) is 39.4 Å². The van der Waals surface area contributed by atoms with Gasteiger partial charge in [-0.05, 0) is 74.7 Å². The number of hydroxylamine groups is 4. The first-order valence-corrected chi connectivity index (χ1v) is 21.1. The van der Waals surface area contributed by atoms with Crippen LogP contribution in [0.5, 0.6) is 0 Å². The molecule has 48 heavy (non-hydrogen) atoms. The molecule has 0 radical (unpaired) electrons. The van der Waals surface area contributed by atoms with E-state index in [0.717, 1.165) is 52.2 Å². The van der Waals surface area contributed by atoms with E-state index < -0.39 is 0 Å². The lowest BCUT2D eigenvalue weighted by Crippen LogP contribution is -2.74. The molecule has 6 heteroatoms. The molecule has 0 amide bonds. The van der Waals surface area contributed by atoms with Gasteiger partial charge in [-0.2, -0.15) is 10.1 Å². The molecule has 0 bridgehead atoms. The van der Waals surface area contributed by atoms with Crippen LogP contribution in [0.2, 0.25) is 0 Å². The topological polar surface area (TPSA) is 31.4 Å². The largest absolute Gasteiger partial charge is 0.298 e. The third-order valence-corrected chi connectivity index (χ3v) is 10.9. The summed E-state index contributed by atoms with van der Waals surface area (Å²) in [5, 5.41) is 4.77. The molecule has 2 heterocycles. The van der Waals surface area contributed by atoms with Gasteiger partial charge in [0, 0.05) is 26.2 Å². The summed E-state index contributed by atoms with van der Waals surface area (Å²) in [6.07, 6.45) is 26.8. The molecule has 0 spiro atoms. The molecule has 2 saturated heterocycles. The fraction of sp³-hybridized carbons (Fsp3) is 1.00. The van der Waals surface area contributed by atoms with Gasteiger partial charge in [-0.3, -0.25) is 19.5 Å². The SMILES string of the molecule is CCCCCCCCCC(N1CC(C)(C)N(OCCCCCCCC)C(C)(C)C1)N1CC(C)(C)N(OCCCCCCCC)C(C)(C)C1. The van der Waals surface area contributed by atoms with E-state index in [1.54, 1.807) is 0 Å². The Kier molecular flexibility index (Phi) is 20.1. The molecule has 0 unspecified atom stereocenters. The second-order valence-electron chi connectivity index (χ2n) is 18.2. The Morgan fingerprint density at radius 2 is 0.667 bits per heavy atom. The quantitative estimate of drug-likeness (QED) is 0.0847. The Balaban J connectivity index is 2.13. The summed E-state index contributed by atoms with van der Waals surface area (Å²) < 4.78 is 0. The van der Waals surface area contributed by atoms with Crippen molar-refractivity contribution in [3.63, 3.8) is 0 Å². The molecule has 2 rings (SSSR count). The van der Waals surface area contributed by atoms with Crippen LogP contribution in [-0.2, 0) is 9.68 Å². The molecule has 286 valence electrons. The third kappa shape index (κ3) is 14.8. The second kappa shape index (κ2) is 22.0. The molecule has 0 aliphatic carbocycles. The molecule has 0 aromatic heterocycles. The molecule has 0 atom stereocenters. The van der Waals surface area contributed by atoms with E-state index in [-0.39, 0.29) is 22.2 Å². The predicted molar refractivity (Wildman–Crippen MR) is 208 cm³/mol. The summed E-state index contributed by atoms with van der Waals surface area (Å²) >= 11 is 0. The number of nitrogens with zero attached hydrogens (tertiary/aromatic N) is 4. The van der Waals surface area contributed by atoms with Crippen molar-refractivity contribution in [3.8, 4) is 0 Å². The van der Waals surface area contributed by atoms with Gasteiger partial charge in [-0.25, -0.2) is 0 Å². The first-order chi connectivity index (χ1) is 22.7. The van der Waals surface area contributed by atoms with Crippen LogP contribution in [0.3, 0.4) is 0 Å². The van der Waals surface area contributed by atoms with Gasteiger partial charge in [0.2, 0.25) is 0 Å². The van der Waals surface area contributed by atoms with Crippen molar-refractivity contribution >= 4 is 0 Å². The zero-order valence-electron chi connectivity index (χ0n) is 34.6. The maximum atomic E-state index is 6.66. The van der Waals surface area contributed by atoms with Crippen LogP contribution in [0, 0.1) is 0 Å². The number of hydrogen-bond acceptors (Lipinski definition) is 6. The summed E-state index contributed by atoms with van der Waals surface area (Å²) in [7, 11) is 0. The molecular formula is C42H86N4O2. The summed E-state index contributed by atoms with van der Waals surface area (Å²) in [4.78, 5) is 19.0. The van der Waals surface area contributed by atoms with Crippen molar-refractivity contribution in [2.45, 2.75) is 233 Å². The minimum Gasteiger partial charge on any atom is -0.298 e. The minimum absolute atomic E-state index is 0.0601. The normalized spacial score (nSPS) is 21.8. The molecule has 2 aliphatic rings. The standard InChI is InChI=1S/C42H86N4O2/c1-12-15-18-21-24-25-28-31-38(43-34-39(4,5)45(40(6,7)35-43)47-32-29-26-22-19-16-13-2)44-36-41(8,9)46(42(10,11)37-44)48-33-30-27-23-20-17-14-3/h38H,12-37H2,1-11H3. The summed E-state index contributed by atoms with van der Waals surface area (Å²) in [6.45, 7) is 32.0. The molecule has 6 nitrogen and oxygen atoms in total. The van der Waals surface area contributed by atoms with Crippen LogP contribution in [0.25, 0.3) is 0 Å². The first kappa shape index (κ1) is 43.9. The molecule has 2 aliphatic heterocycles. The lowest BCUT2D eigenvalue weighted by atomic mass is 9.87. The van der Waals surface area contributed by atoms with E-state index >= 15 is 0 Å². The van der Waals surface area contributed by atoms with Gasteiger partial charge in [0.25, 0.3) is 0 Å². The van der Waals surface area contributed by atoms with Gasteiger partial charge in [0.1, 0.15) is 0 Å². The highest BCUT2D eigenvalue weighted by Gasteiger charge is 2.51. The van der Waals surface area contributed by atoms with E-state index in [2.05, 4.69) is 96.1 Å². The number of rotatable bonds is 26. The van der Waals surface area contributed by atoms with Crippen molar-refractivity contribution in [1.29, 1.82) is 0 Å². The smallest absolute Gasteiger partial charge is 0.0685 e. The molecule has 2 fully saturated rings. The van der Waals surface area contributed by atoms with Crippen LogP contribution in [-0.4, -0.2) is 87.6 Å². The van der Waals surface area contributed by atoms with Gasteiger partial charge in [0.15, 0.2) is 0 Å². The number of piperazine rings is 2. The zero-order valence-corrected chi connectivity index (χ0v) is 34.6. The van der Waals surface area contributed by atoms with E-state index in [1.165, 1.54) is 116 Å². The lowest BCUT2D eigenvalue weighted by molar-refractivity contribution is -0.309. The maximum absolute atomic E-state index is 6.66. The molecule has 0 N–H and O–H groups in total. The number of hydrogen-bond donors (Lipinski definition) is 0. The molecule has 0 aromatic rings. The minimum atomic E-state index is -0.0601. The Morgan fingerprint density at radius 3 is 0.979 bits per heavy atom. The Morgan fingerprint density at radius 1 is 0.396 bits per heavy atom. The highest BCUT2D eigenvalue weighted by molar-refractivity contribution is 5.03. The second-order valence-corrected chi connectivity index (χ2v) is 18.2. The van der Waals surface area contributed by atoms with E-state index in [0.29, 0.717) is 6.17 Å². The Labute approximate surface area is 301 Å². The first-order valence-electron chi connectivity index (χ1n) is 21.1. The van der Waals surface area contributed by atoms with Crippen molar-refractivity contribution in [2.24, 2.45) is 0 Å². The van der Waals surface area contributed by atoms with Crippen LogP contribution in [0.4, 0.5) is 0 Å². The van der Waals surface area contributed by atoms with E-state index in [1.807, 2.05) is 0 Å². The molecular weight excluding hydrogens is 592 g/mol. The van der Waals surface area contributed by atoms with E-state index in [9.17, 15) is 0 Å². The summed E-state index contributed by atoms with van der Waals surface area (Å²) in [6, 6.07) is 0. The fourth-order valence-electron chi connectivity index (χ4n) is 9.07. The summed E-state index contributed by atoms with van der Waals surface area (Å²) in [5.74, 6) is 0.